The molecule has 1 atom stereocenters. The molecule has 0 aromatic carbocycles. The molecule has 15 heavy (non-hydrogen) atoms. The quantitative estimate of drug-likeness (QED) is 0.766. The van der Waals surface area contributed by atoms with Gasteiger partial charge in [0.15, 0.2) is 0 Å². The molecule has 84 valence electrons. The molecule has 1 N–H and O–H groups in total. The zero-order chi connectivity index (χ0) is 11.1. The molecule has 0 bridgehead atoms. The van der Waals surface area contributed by atoms with Gasteiger partial charge >= 0.3 is 0 Å². The van der Waals surface area contributed by atoms with Gasteiger partial charge in [0.2, 0.25) is 5.88 Å². The van der Waals surface area contributed by atoms with Gasteiger partial charge in [-0.2, -0.15) is 0 Å². The van der Waals surface area contributed by atoms with E-state index in [-0.39, 0.29) is 0 Å². The summed E-state index contributed by atoms with van der Waals surface area (Å²) in [5.74, 6) is 0.676. The van der Waals surface area contributed by atoms with Gasteiger partial charge in [0.25, 0.3) is 0 Å². The molecule has 0 radical (unpaired) electrons. The van der Waals surface area contributed by atoms with Gasteiger partial charge in [-0.05, 0) is 13.0 Å². The Morgan fingerprint density at radius 2 is 2.27 bits per heavy atom. The van der Waals surface area contributed by atoms with Gasteiger partial charge in [0, 0.05) is 31.5 Å². The van der Waals surface area contributed by atoms with Crippen molar-refractivity contribution in [3.05, 3.63) is 23.9 Å². The number of hydrogen-bond acceptors (Lipinski definition) is 4. The van der Waals surface area contributed by atoms with Gasteiger partial charge in [0.1, 0.15) is 0 Å². The highest BCUT2D eigenvalue weighted by atomic mass is 16.5. The molecule has 0 saturated carbocycles. The highest BCUT2D eigenvalue weighted by molar-refractivity contribution is 5.25. The molecule has 0 fully saturated rings. The lowest BCUT2D eigenvalue weighted by atomic mass is 10.2. The predicted octanol–water partition coefficient (Wildman–Crippen LogP) is 1.21. The number of hydrogen-bond donors (Lipinski definition) is 1. The van der Waals surface area contributed by atoms with Crippen LogP contribution < -0.4 is 10.1 Å². The topological polar surface area (TPSA) is 43.4 Å². The summed E-state index contributed by atoms with van der Waals surface area (Å²) in [6.45, 7) is 3.51. The third kappa shape index (κ3) is 3.85. The largest absolute Gasteiger partial charge is 0.481 e. The lowest BCUT2D eigenvalue weighted by Gasteiger charge is -2.13. The molecule has 0 saturated heterocycles. The van der Waals surface area contributed by atoms with Crippen LogP contribution in [-0.2, 0) is 11.3 Å². The smallest absolute Gasteiger partial charge is 0.217 e. The zero-order valence-electron chi connectivity index (χ0n) is 9.49. The molecular formula is C11H18N2O2. The van der Waals surface area contributed by atoms with Crippen molar-refractivity contribution in [2.45, 2.75) is 19.5 Å². The molecule has 1 aromatic rings. The van der Waals surface area contributed by atoms with E-state index in [1.807, 2.05) is 12.1 Å². The van der Waals surface area contributed by atoms with Crippen LogP contribution in [0, 0.1) is 0 Å². The molecule has 0 aliphatic rings. The molecule has 4 nitrogen and oxygen atoms in total. The Kier molecular flexibility index (Phi) is 5.07. The monoisotopic (exact) mass is 210 g/mol. The van der Waals surface area contributed by atoms with Crippen LogP contribution in [0.4, 0.5) is 0 Å². The molecule has 1 rings (SSSR count). The van der Waals surface area contributed by atoms with Crippen LogP contribution in [0.1, 0.15) is 12.5 Å². The second kappa shape index (κ2) is 6.37. The van der Waals surface area contributed by atoms with Crippen molar-refractivity contribution < 1.29 is 9.47 Å². The van der Waals surface area contributed by atoms with Crippen molar-refractivity contribution in [1.82, 2.24) is 10.3 Å². The number of nitrogens with one attached hydrogen (secondary N) is 1. The summed E-state index contributed by atoms with van der Waals surface area (Å²) in [6.07, 6.45) is 1.72. The van der Waals surface area contributed by atoms with Gasteiger partial charge in [-0.15, -0.1) is 0 Å². The maximum atomic E-state index is 5.16. The Labute approximate surface area is 90.6 Å². The van der Waals surface area contributed by atoms with Crippen molar-refractivity contribution in [2.24, 2.45) is 0 Å². The summed E-state index contributed by atoms with van der Waals surface area (Å²) >= 11 is 0. The summed E-state index contributed by atoms with van der Waals surface area (Å²) in [5.41, 5.74) is 1.06. The van der Waals surface area contributed by atoms with Crippen LogP contribution in [0.3, 0.4) is 0 Å². The standard InChI is InChI=1S/C11H18N2O2/c1-9(8-14-2)13-7-10-5-4-6-12-11(10)15-3/h4-6,9,13H,7-8H2,1-3H3/t9-/m0/s1. The Morgan fingerprint density at radius 3 is 2.93 bits per heavy atom. The Bertz CT molecular complexity index is 292. The van der Waals surface area contributed by atoms with Crippen molar-refractivity contribution >= 4 is 0 Å². The Balaban J connectivity index is 2.49. The number of pyridine rings is 1. The van der Waals surface area contributed by atoms with Crippen molar-refractivity contribution in [3.63, 3.8) is 0 Å². The molecule has 0 aliphatic carbocycles. The molecular weight excluding hydrogens is 192 g/mol. The number of methoxy groups -OCH3 is 2. The molecule has 1 heterocycles. The maximum Gasteiger partial charge on any atom is 0.217 e. The summed E-state index contributed by atoms with van der Waals surface area (Å²) in [7, 11) is 3.33. The van der Waals surface area contributed by atoms with Crippen molar-refractivity contribution in [2.75, 3.05) is 20.8 Å². The average molecular weight is 210 g/mol. The SMILES string of the molecule is COC[C@H](C)NCc1cccnc1OC. The number of nitrogens with zero attached hydrogens (tertiary/aromatic N) is 1. The fourth-order valence-electron chi connectivity index (χ4n) is 1.34. The minimum atomic E-state index is 0.319. The van der Waals surface area contributed by atoms with Crippen LogP contribution in [0.2, 0.25) is 0 Å². The van der Waals surface area contributed by atoms with Gasteiger partial charge in [-0.3, -0.25) is 0 Å². The average Bonchev–Trinajstić information content (AvgIpc) is 2.27. The van der Waals surface area contributed by atoms with Crippen LogP contribution in [0.15, 0.2) is 18.3 Å². The molecule has 0 aliphatic heterocycles. The van der Waals surface area contributed by atoms with Crippen LogP contribution >= 0.6 is 0 Å². The third-order valence-electron chi connectivity index (χ3n) is 2.10. The van der Waals surface area contributed by atoms with E-state index >= 15 is 0 Å². The van der Waals surface area contributed by atoms with E-state index < -0.39 is 0 Å². The van der Waals surface area contributed by atoms with E-state index in [0.717, 1.165) is 12.1 Å². The second-order valence-electron chi connectivity index (χ2n) is 3.41. The zero-order valence-corrected chi connectivity index (χ0v) is 9.49. The summed E-state index contributed by atoms with van der Waals surface area (Å²) < 4.78 is 10.2. The van der Waals surface area contributed by atoms with Gasteiger partial charge in [0.05, 0.1) is 13.7 Å². The Hall–Kier alpha value is -1.13. The van der Waals surface area contributed by atoms with Gasteiger partial charge in [-0.1, -0.05) is 6.07 Å². The van der Waals surface area contributed by atoms with E-state index in [4.69, 9.17) is 9.47 Å². The van der Waals surface area contributed by atoms with Crippen LogP contribution in [0.25, 0.3) is 0 Å². The van der Waals surface area contributed by atoms with Crippen molar-refractivity contribution in [3.8, 4) is 5.88 Å². The first kappa shape index (κ1) is 11.9. The Morgan fingerprint density at radius 1 is 1.47 bits per heavy atom. The molecule has 0 amide bonds. The molecule has 0 unspecified atom stereocenters. The molecule has 4 heteroatoms. The summed E-state index contributed by atoms with van der Waals surface area (Å²) in [6, 6.07) is 4.22. The lowest BCUT2D eigenvalue weighted by Crippen LogP contribution is -2.29. The second-order valence-corrected chi connectivity index (χ2v) is 3.41. The van der Waals surface area contributed by atoms with Crippen LogP contribution in [-0.4, -0.2) is 31.9 Å². The highest BCUT2D eigenvalue weighted by Crippen LogP contribution is 2.12. The van der Waals surface area contributed by atoms with Crippen molar-refractivity contribution in [1.29, 1.82) is 0 Å². The van der Waals surface area contributed by atoms with E-state index in [1.165, 1.54) is 0 Å². The molecule has 0 spiro atoms. The minimum Gasteiger partial charge on any atom is -0.481 e. The van der Waals surface area contributed by atoms with Gasteiger partial charge < -0.3 is 14.8 Å². The number of ether oxygens (including phenoxy) is 2. The number of aromatic nitrogens is 1. The first-order valence-corrected chi connectivity index (χ1v) is 4.98. The fraction of sp³-hybridized carbons (Fsp3) is 0.545. The number of rotatable bonds is 6. The third-order valence-corrected chi connectivity index (χ3v) is 2.10. The highest BCUT2D eigenvalue weighted by Gasteiger charge is 2.05. The molecule has 1 aromatic heterocycles. The van der Waals surface area contributed by atoms with E-state index in [9.17, 15) is 0 Å². The maximum absolute atomic E-state index is 5.16. The fourth-order valence-corrected chi connectivity index (χ4v) is 1.34. The van der Waals surface area contributed by atoms with Gasteiger partial charge in [-0.25, -0.2) is 4.98 Å². The predicted molar refractivity (Wildman–Crippen MR) is 59.0 cm³/mol. The van der Waals surface area contributed by atoms with E-state index in [1.54, 1.807) is 20.4 Å². The normalized spacial score (nSPS) is 12.5. The summed E-state index contributed by atoms with van der Waals surface area (Å²) in [5, 5.41) is 3.33. The first-order chi connectivity index (χ1) is 7.27. The summed E-state index contributed by atoms with van der Waals surface area (Å²) in [4.78, 5) is 4.13. The van der Waals surface area contributed by atoms with Crippen LogP contribution in [0.5, 0.6) is 5.88 Å². The van der Waals surface area contributed by atoms with E-state index in [2.05, 4.69) is 17.2 Å². The van der Waals surface area contributed by atoms with E-state index in [0.29, 0.717) is 18.5 Å². The first-order valence-electron chi connectivity index (χ1n) is 4.98. The lowest BCUT2D eigenvalue weighted by molar-refractivity contribution is 0.171. The minimum absolute atomic E-state index is 0.319.